The molecule has 1 aromatic rings. The maximum absolute atomic E-state index is 11.6. The maximum Gasteiger partial charge on any atom is 0.339 e. The highest BCUT2D eigenvalue weighted by Gasteiger charge is 2.22. The molecule has 0 spiro atoms. The molecule has 5 nitrogen and oxygen atoms in total. The van der Waals surface area contributed by atoms with E-state index in [2.05, 4.69) is 5.32 Å². The molecule has 15 heavy (non-hydrogen) atoms. The predicted molar refractivity (Wildman–Crippen MR) is 55.5 cm³/mol. The van der Waals surface area contributed by atoms with Gasteiger partial charge in [-0.1, -0.05) is 6.92 Å². The van der Waals surface area contributed by atoms with Gasteiger partial charge in [0.2, 0.25) is 0 Å². The van der Waals surface area contributed by atoms with E-state index in [9.17, 15) is 9.59 Å². The Morgan fingerprint density at radius 1 is 1.67 bits per heavy atom. The number of hydrogen-bond donors (Lipinski definition) is 2. The molecule has 0 radical (unpaired) electrons. The van der Waals surface area contributed by atoms with Crippen molar-refractivity contribution in [1.29, 1.82) is 0 Å². The van der Waals surface area contributed by atoms with Gasteiger partial charge in [-0.25, -0.2) is 4.79 Å². The average molecular weight is 208 g/mol. The van der Waals surface area contributed by atoms with Crippen LogP contribution in [0.25, 0.3) is 0 Å². The molecule has 1 aromatic heterocycles. The number of anilines is 1. The molecule has 2 heterocycles. The number of rotatable bonds is 2. The number of aromatic nitrogens is 1. The quantitative estimate of drug-likeness (QED) is 0.743. The molecule has 2 N–H and O–H groups in total. The third-order valence-corrected chi connectivity index (χ3v) is 2.61. The van der Waals surface area contributed by atoms with Crippen LogP contribution in [0.1, 0.15) is 22.8 Å². The van der Waals surface area contributed by atoms with Crippen LogP contribution in [0.2, 0.25) is 0 Å². The van der Waals surface area contributed by atoms with Gasteiger partial charge < -0.3 is 10.4 Å². The molecule has 0 aliphatic carbocycles. The lowest BCUT2D eigenvalue weighted by Gasteiger charge is -2.10. The van der Waals surface area contributed by atoms with Gasteiger partial charge in [0, 0.05) is 19.2 Å². The van der Waals surface area contributed by atoms with Crippen molar-refractivity contribution in [3.8, 4) is 0 Å². The van der Waals surface area contributed by atoms with Crippen LogP contribution in [-0.4, -0.2) is 22.2 Å². The summed E-state index contributed by atoms with van der Waals surface area (Å²) < 4.78 is 1.47. The van der Waals surface area contributed by atoms with Crippen molar-refractivity contribution in [3.05, 3.63) is 27.5 Å². The molecule has 0 unspecified atom stereocenters. The molecular formula is C10H12N2O3. The van der Waals surface area contributed by atoms with Crippen molar-refractivity contribution in [2.24, 2.45) is 0 Å². The Labute approximate surface area is 86.3 Å². The Morgan fingerprint density at radius 2 is 2.40 bits per heavy atom. The zero-order valence-electron chi connectivity index (χ0n) is 8.41. The number of nitrogens with one attached hydrogen (secondary N) is 1. The molecule has 0 fully saturated rings. The SMILES string of the molecule is CCc1cc(=O)n2c(c1C(=O)O)NCC2. The van der Waals surface area contributed by atoms with Crippen LogP contribution in [0.3, 0.4) is 0 Å². The molecule has 1 aliphatic rings. The minimum Gasteiger partial charge on any atom is -0.478 e. The average Bonchev–Trinajstić information content (AvgIpc) is 2.65. The molecule has 80 valence electrons. The number of carboxylic acids is 1. The Morgan fingerprint density at radius 3 is 3.00 bits per heavy atom. The number of aromatic carboxylic acids is 1. The van der Waals surface area contributed by atoms with Crippen molar-refractivity contribution in [2.45, 2.75) is 19.9 Å². The van der Waals surface area contributed by atoms with Gasteiger partial charge in [-0.15, -0.1) is 0 Å². The first-order valence-electron chi connectivity index (χ1n) is 4.89. The summed E-state index contributed by atoms with van der Waals surface area (Å²) in [6.07, 6.45) is 0.548. The van der Waals surface area contributed by atoms with E-state index < -0.39 is 5.97 Å². The van der Waals surface area contributed by atoms with Crippen molar-refractivity contribution >= 4 is 11.8 Å². The van der Waals surface area contributed by atoms with Gasteiger partial charge in [0.15, 0.2) is 0 Å². The fourth-order valence-corrected chi connectivity index (χ4v) is 1.91. The second-order valence-electron chi connectivity index (χ2n) is 3.47. The Kier molecular flexibility index (Phi) is 2.22. The zero-order chi connectivity index (χ0) is 11.0. The van der Waals surface area contributed by atoms with Gasteiger partial charge in [0.05, 0.1) is 0 Å². The molecule has 0 saturated carbocycles. The van der Waals surface area contributed by atoms with E-state index in [-0.39, 0.29) is 11.1 Å². The monoisotopic (exact) mass is 208 g/mol. The van der Waals surface area contributed by atoms with Crippen LogP contribution in [0.5, 0.6) is 0 Å². The lowest BCUT2D eigenvalue weighted by Crippen LogP contribution is -2.21. The zero-order valence-corrected chi connectivity index (χ0v) is 8.41. The maximum atomic E-state index is 11.6. The summed E-state index contributed by atoms with van der Waals surface area (Å²) >= 11 is 0. The smallest absolute Gasteiger partial charge is 0.339 e. The summed E-state index contributed by atoms with van der Waals surface area (Å²) in [5.41, 5.74) is 0.694. The second-order valence-corrected chi connectivity index (χ2v) is 3.47. The Balaban J connectivity index is 2.76. The Bertz CT molecular complexity index is 476. The molecule has 5 heteroatoms. The highest BCUT2D eigenvalue weighted by atomic mass is 16.4. The van der Waals surface area contributed by atoms with E-state index in [1.165, 1.54) is 10.6 Å². The number of aryl methyl sites for hydroxylation is 1. The van der Waals surface area contributed by atoms with Gasteiger partial charge in [-0.3, -0.25) is 9.36 Å². The van der Waals surface area contributed by atoms with Crippen molar-refractivity contribution < 1.29 is 9.90 Å². The third kappa shape index (κ3) is 1.40. The van der Waals surface area contributed by atoms with Gasteiger partial charge >= 0.3 is 5.97 Å². The molecule has 0 amide bonds. The standard InChI is InChI=1S/C10H12N2O3/c1-2-6-5-7(13)12-4-3-11-9(12)8(6)10(14)15/h5,11H,2-4H2,1H3,(H,14,15). The highest BCUT2D eigenvalue weighted by molar-refractivity contribution is 5.95. The minimum atomic E-state index is -0.981. The van der Waals surface area contributed by atoms with Crippen molar-refractivity contribution in [2.75, 3.05) is 11.9 Å². The summed E-state index contributed by atoms with van der Waals surface area (Å²) in [6, 6.07) is 1.42. The fraction of sp³-hybridized carbons (Fsp3) is 0.400. The predicted octanol–water partition coefficient (Wildman–Crippen LogP) is 0.534. The number of carboxylic acid groups (broad SMARTS) is 1. The third-order valence-electron chi connectivity index (χ3n) is 2.61. The van der Waals surface area contributed by atoms with Crippen LogP contribution in [-0.2, 0) is 13.0 Å². The first-order chi connectivity index (χ1) is 7.15. The highest BCUT2D eigenvalue weighted by Crippen LogP contribution is 2.21. The molecule has 0 aromatic carbocycles. The summed E-state index contributed by atoms with van der Waals surface area (Å²) in [5.74, 6) is -0.531. The van der Waals surface area contributed by atoms with Crippen LogP contribution in [0.15, 0.2) is 10.9 Å². The second kappa shape index (κ2) is 3.42. The Hall–Kier alpha value is -1.78. The van der Waals surface area contributed by atoms with E-state index >= 15 is 0 Å². The minimum absolute atomic E-state index is 0.128. The number of carbonyl (C=O) groups is 1. The molecule has 0 bridgehead atoms. The van der Waals surface area contributed by atoms with Crippen LogP contribution in [0.4, 0.5) is 5.82 Å². The van der Waals surface area contributed by atoms with Crippen LogP contribution >= 0.6 is 0 Å². The van der Waals surface area contributed by atoms with E-state index in [4.69, 9.17) is 5.11 Å². The van der Waals surface area contributed by atoms with E-state index in [1.54, 1.807) is 0 Å². The lowest BCUT2D eigenvalue weighted by molar-refractivity contribution is 0.0696. The summed E-state index contributed by atoms with van der Waals surface area (Å²) in [4.78, 5) is 22.7. The largest absolute Gasteiger partial charge is 0.478 e. The first kappa shape index (κ1) is 9.76. The molecular weight excluding hydrogens is 196 g/mol. The van der Waals surface area contributed by atoms with Gasteiger partial charge in [-0.2, -0.15) is 0 Å². The van der Waals surface area contributed by atoms with Gasteiger partial charge in [-0.05, 0) is 12.0 Å². The summed E-state index contributed by atoms with van der Waals surface area (Å²) in [6.45, 7) is 2.99. The topological polar surface area (TPSA) is 71.3 Å². The number of pyridine rings is 1. The first-order valence-corrected chi connectivity index (χ1v) is 4.89. The number of nitrogens with zero attached hydrogens (tertiary/aromatic N) is 1. The molecule has 0 atom stereocenters. The normalized spacial score (nSPS) is 13.4. The van der Waals surface area contributed by atoms with E-state index in [0.717, 1.165) is 0 Å². The molecule has 1 aliphatic heterocycles. The van der Waals surface area contributed by atoms with Gasteiger partial charge in [0.1, 0.15) is 11.4 Å². The fourth-order valence-electron chi connectivity index (χ4n) is 1.91. The number of hydrogen-bond acceptors (Lipinski definition) is 3. The number of fused-ring (bicyclic) bond motifs is 1. The summed E-state index contributed by atoms with van der Waals surface area (Å²) in [7, 11) is 0. The van der Waals surface area contributed by atoms with E-state index in [0.29, 0.717) is 30.9 Å². The van der Waals surface area contributed by atoms with Crippen LogP contribution < -0.4 is 10.9 Å². The molecule has 2 rings (SSSR count). The molecule has 0 saturated heterocycles. The summed E-state index contributed by atoms with van der Waals surface area (Å²) in [5, 5.41) is 12.0. The van der Waals surface area contributed by atoms with Crippen LogP contribution in [0, 0.1) is 0 Å². The van der Waals surface area contributed by atoms with Crippen molar-refractivity contribution in [1.82, 2.24) is 4.57 Å². The van der Waals surface area contributed by atoms with E-state index in [1.807, 2.05) is 6.92 Å². The van der Waals surface area contributed by atoms with Gasteiger partial charge in [0.25, 0.3) is 5.56 Å². The lowest BCUT2D eigenvalue weighted by atomic mass is 10.1. The van der Waals surface area contributed by atoms with Crippen molar-refractivity contribution in [3.63, 3.8) is 0 Å².